The predicted molar refractivity (Wildman–Crippen MR) is 47.7 cm³/mol. The van der Waals surface area contributed by atoms with Crippen molar-refractivity contribution in [1.29, 1.82) is 0 Å². The molecule has 0 aliphatic rings. The second-order valence-electron chi connectivity index (χ2n) is 2.70. The fourth-order valence-corrected chi connectivity index (χ4v) is 1.54. The summed E-state index contributed by atoms with van der Waals surface area (Å²) < 4.78 is 37.8. The smallest absolute Gasteiger partial charge is 0.324 e. The van der Waals surface area contributed by atoms with Crippen LogP contribution >= 0.6 is 11.3 Å². The Morgan fingerprint density at radius 2 is 2.12 bits per heavy atom. The molecule has 2 N–H and O–H groups in total. The summed E-state index contributed by atoms with van der Waals surface area (Å²) in [6.45, 7) is 0.109. The van der Waals surface area contributed by atoms with Crippen LogP contribution in [0.3, 0.4) is 0 Å². The molecule has 0 spiro atoms. The molecule has 16 heavy (non-hydrogen) atoms. The maximum atomic E-state index is 12.2. The molecule has 10 heteroatoms. The third-order valence-corrected chi connectivity index (χ3v) is 2.53. The van der Waals surface area contributed by atoms with Gasteiger partial charge in [-0.1, -0.05) is 11.3 Å². The van der Waals surface area contributed by atoms with Crippen LogP contribution in [0.4, 0.5) is 13.2 Å². The van der Waals surface area contributed by atoms with Crippen LogP contribution in [-0.4, -0.2) is 25.0 Å². The zero-order valence-electron chi connectivity index (χ0n) is 7.64. The van der Waals surface area contributed by atoms with Gasteiger partial charge in [0, 0.05) is 0 Å². The average Bonchev–Trinajstić information content (AvgIpc) is 2.85. The van der Waals surface area contributed by atoms with Gasteiger partial charge >= 0.3 is 6.18 Å². The fourth-order valence-electron chi connectivity index (χ4n) is 0.906. The monoisotopic (exact) mass is 250 g/mol. The standard InChI is InChI=1S/C6H5F3N6S/c7-6(8,9)4-12-13-5(16-4)15-2-11-3(1-10)14-15/h2H,1,10H2. The summed E-state index contributed by atoms with van der Waals surface area (Å²) in [5.74, 6) is 0.323. The maximum absolute atomic E-state index is 12.2. The second-order valence-corrected chi connectivity index (χ2v) is 3.65. The van der Waals surface area contributed by atoms with Crippen LogP contribution in [0.25, 0.3) is 5.13 Å². The Morgan fingerprint density at radius 1 is 1.38 bits per heavy atom. The molecule has 0 radical (unpaired) electrons. The number of aromatic nitrogens is 5. The van der Waals surface area contributed by atoms with E-state index in [0.717, 1.165) is 4.68 Å². The Labute approximate surface area is 90.9 Å². The summed E-state index contributed by atoms with van der Waals surface area (Å²) in [5.41, 5.74) is 5.26. The molecule has 0 unspecified atom stereocenters. The lowest BCUT2D eigenvalue weighted by Gasteiger charge is -1.97. The molecule has 0 aliphatic heterocycles. The normalized spacial score (nSPS) is 12.0. The van der Waals surface area contributed by atoms with E-state index in [1.165, 1.54) is 6.33 Å². The van der Waals surface area contributed by atoms with E-state index in [9.17, 15) is 13.2 Å². The average molecular weight is 250 g/mol. The van der Waals surface area contributed by atoms with Gasteiger partial charge in [0.2, 0.25) is 10.1 Å². The molecule has 0 saturated heterocycles. The topological polar surface area (TPSA) is 82.5 Å². The minimum atomic E-state index is -4.49. The summed E-state index contributed by atoms with van der Waals surface area (Å²) in [4.78, 5) is 3.77. The lowest BCUT2D eigenvalue weighted by atomic mass is 10.6. The SMILES string of the molecule is NCc1ncn(-c2nnc(C(F)(F)F)s2)n1. The van der Waals surface area contributed by atoms with Crippen molar-refractivity contribution in [1.82, 2.24) is 25.0 Å². The van der Waals surface area contributed by atoms with Crippen LogP contribution in [0.2, 0.25) is 0 Å². The Balaban J connectivity index is 2.31. The third-order valence-electron chi connectivity index (χ3n) is 1.57. The van der Waals surface area contributed by atoms with Gasteiger partial charge in [-0.05, 0) is 0 Å². The Hall–Kier alpha value is -1.55. The Morgan fingerprint density at radius 3 is 2.62 bits per heavy atom. The van der Waals surface area contributed by atoms with E-state index in [1.54, 1.807) is 0 Å². The number of alkyl halides is 3. The predicted octanol–water partition coefficient (Wildman–Crippen LogP) is 0.596. The van der Waals surface area contributed by atoms with Gasteiger partial charge in [0.05, 0.1) is 6.54 Å². The summed E-state index contributed by atoms with van der Waals surface area (Å²) in [6.07, 6.45) is -3.25. The quantitative estimate of drug-likeness (QED) is 0.843. The summed E-state index contributed by atoms with van der Waals surface area (Å²) >= 11 is 0.389. The first-order chi connectivity index (χ1) is 7.50. The van der Waals surface area contributed by atoms with Crippen molar-refractivity contribution in [3.63, 3.8) is 0 Å². The van der Waals surface area contributed by atoms with Crippen LogP contribution in [0.1, 0.15) is 10.8 Å². The van der Waals surface area contributed by atoms with Crippen LogP contribution in [-0.2, 0) is 12.7 Å². The van der Waals surface area contributed by atoms with Crippen molar-refractivity contribution in [2.45, 2.75) is 12.7 Å². The summed E-state index contributed by atoms with van der Waals surface area (Å²) in [7, 11) is 0. The molecule has 2 heterocycles. The highest BCUT2D eigenvalue weighted by atomic mass is 32.1. The van der Waals surface area contributed by atoms with Gasteiger partial charge in [0.25, 0.3) is 0 Å². The number of hydrogen-bond donors (Lipinski definition) is 1. The van der Waals surface area contributed by atoms with Crippen molar-refractivity contribution in [2.75, 3.05) is 0 Å². The largest absolute Gasteiger partial charge is 0.445 e. The van der Waals surface area contributed by atoms with Crippen molar-refractivity contribution in [3.05, 3.63) is 17.2 Å². The molecule has 86 valence electrons. The van der Waals surface area contributed by atoms with Crippen molar-refractivity contribution >= 4 is 11.3 Å². The maximum Gasteiger partial charge on any atom is 0.445 e. The molecular weight excluding hydrogens is 245 g/mol. The fraction of sp³-hybridized carbons (Fsp3) is 0.333. The molecule has 0 aliphatic carbocycles. The first-order valence-electron chi connectivity index (χ1n) is 4.02. The number of halogens is 3. The van der Waals surface area contributed by atoms with Gasteiger partial charge in [-0.25, -0.2) is 4.98 Å². The summed E-state index contributed by atoms with van der Waals surface area (Å²) in [5, 5.41) is 9.19. The van der Waals surface area contributed by atoms with Gasteiger partial charge in [0.1, 0.15) is 6.33 Å². The molecule has 0 fully saturated rings. The van der Waals surface area contributed by atoms with Crippen LogP contribution in [0.5, 0.6) is 0 Å². The van der Waals surface area contributed by atoms with Gasteiger partial charge in [-0.2, -0.15) is 17.9 Å². The lowest BCUT2D eigenvalue weighted by molar-refractivity contribution is -0.138. The third kappa shape index (κ3) is 2.02. The highest BCUT2D eigenvalue weighted by Crippen LogP contribution is 2.32. The molecule has 2 aromatic heterocycles. The number of nitrogens with zero attached hydrogens (tertiary/aromatic N) is 5. The van der Waals surface area contributed by atoms with Gasteiger partial charge in [-0.15, -0.1) is 15.3 Å². The highest BCUT2D eigenvalue weighted by Gasteiger charge is 2.35. The van der Waals surface area contributed by atoms with Gasteiger partial charge in [0.15, 0.2) is 5.82 Å². The zero-order chi connectivity index (χ0) is 11.8. The van der Waals surface area contributed by atoms with Crippen LogP contribution in [0, 0.1) is 0 Å². The van der Waals surface area contributed by atoms with E-state index < -0.39 is 11.2 Å². The van der Waals surface area contributed by atoms with Crippen LogP contribution in [0.15, 0.2) is 6.33 Å². The number of rotatable bonds is 2. The van der Waals surface area contributed by atoms with Gasteiger partial charge < -0.3 is 5.73 Å². The highest BCUT2D eigenvalue weighted by molar-refractivity contribution is 7.13. The first-order valence-corrected chi connectivity index (χ1v) is 4.84. The van der Waals surface area contributed by atoms with E-state index in [0.29, 0.717) is 17.2 Å². The number of nitrogens with two attached hydrogens (primary N) is 1. The van der Waals surface area contributed by atoms with E-state index in [-0.39, 0.29) is 11.7 Å². The summed E-state index contributed by atoms with van der Waals surface area (Å²) in [6, 6.07) is 0. The molecule has 0 bridgehead atoms. The van der Waals surface area contributed by atoms with Crippen LogP contribution < -0.4 is 5.73 Å². The van der Waals surface area contributed by atoms with Crippen molar-refractivity contribution < 1.29 is 13.2 Å². The molecule has 6 nitrogen and oxygen atoms in total. The second kappa shape index (κ2) is 3.79. The molecule has 2 rings (SSSR count). The van der Waals surface area contributed by atoms with E-state index in [2.05, 4.69) is 20.3 Å². The van der Waals surface area contributed by atoms with Crippen molar-refractivity contribution in [2.24, 2.45) is 5.73 Å². The van der Waals surface area contributed by atoms with Crippen molar-refractivity contribution in [3.8, 4) is 5.13 Å². The molecule has 0 atom stereocenters. The zero-order valence-corrected chi connectivity index (χ0v) is 8.46. The minimum absolute atomic E-state index is 0.000440. The van der Waals surface area contributed by atoms with E-state index in [4.69, 9.17) is 5.73 Å². The molecule has 0 amide bonds. The number of hydrogen-bond acceptors (Lipinski definition) is 6. The van der Waals surface area contributed by atoms with E-state index >= 15 is 0 Å². The lowest BCUT2D eigenvalue weighted by Crippen LogP contribution is -2.03. The molecule has 0 saturated carbocycles. The molecule has 0 aromatic carbocycles. The Bertz CT molecular complexity index is 488. The minimum Gasteiger partial charge on any atom is -0.324 e. The Kier molecular flexibility index (Phi) is 2.59. The molecule has 2 aromatic rings. The molecular formula is C6H5F3N6S. The van der Waals surface area contributed by atoms with Gasteiger partial charge in [-0.3, -0.25) is 0 Å². The first kappa shape index (κ1) is 11.0. The van der Waals surface area contributed by atoms with E-state index in [1.807, 2.05) is 0 Å².